The van der Waals surface area contributed by atoms with Gasteiger partial charge < -0.3 is 8.71 Å². The van der Waals surface area contributed by atoms with Crippen LogP contribution in [-0.2, 0) is 10.1 Å². The van der Waals surface area contributed by atoms with Crippen LogP contribution in [0.2, 0.25) is 0 Å². The molecule has 0 N–H and O–H groups in total. The molecule has 0 unspecified atom stereocenters. The van der Waals surface area contributed by atoms with Gasteiger partial charge in [0.1, 0.15) is 11.5 Å². The van der Waals surface area contributed by atoms with E-state index in [1.165, 1.54) is 18.2 Å². The van der Waals surface area contributed by atoms with Gasteiger partial charge in [-0.1, -0.05) is 17.3 Å². The number of rotatable bonds is 4. The van der Waals surface area contributed by atoms with Gasteiger partial charge in [-0.05, 0) is 12.1 Å². The van der Waals surface area contributed by atoms with Crippen molar-refractivity contribution in [2.45, 2.75) is 5.09 Å². The van der Waals surface area contributed by atoms with Gasteiger partial charge in [0.25, 0.3) is 5.09 Å². The Balaban J connectivity index is 2.02. The SMILES string of the molecule is O=S(=O)(Oc1c(F)c(F)c(F)c(F)c1F)c1cc(-c2ccccc2F)no1. The van der Waals surface area contributed by atoms with Crippen molar-refractivity contribution < 1.29 is 43.5 Å². The van der Waals surface area contributed by atoms with Gasteiger partial charge in [-0.3, -0.25) is 0 Å². The Morgan fingerprint density at radius 2 is 1.41 bits per heavy atom. The number of hydrogen-bond donors (Lipinski definition) is 0. The summed E-state index contributed by atoms with van der Waals surface area (Å²) in [6.45, 7) is 0. The van der Waals surface area contributed by atoms with Crippen LogP contribution in [0.1, 0.15) is 0 Å². The lowest BCUT2D eigenvalue weighted by Gasteiger charge is -2.08. The van der Waals surface area contributed by atoms with Crippen LogP contribution in [0.25, 0.3) is 11.3 Å². The summed E-state index contributed by atoms with van der Waals surface area (Å²) in [5.41, 5.74) is -0.480. The first-order valence-corrected chi connectivity index (χ1v) is 8.22. The lowest BCUT2D eigenvalue weighted by Crippen LogP contribution is -2.14. The molecule has 0 aliphatic heterocycles. The number of halogens is 6. The molecule has 27 heavy (non-hydrogen) atoms. The van der Waals surface area contributed by atoms with E-state index in [2.05, 4.69) is 13.9 Å². The summed E-state index contributed by atoms with van der Waals surface area (Å²) in [6, 6.07) is 5.69. The van der Waals surface area contributed by atoms with E-state index in [4.69, 9.17) is 0 Å². The molecule has 0 saturated heterocycles. The third kappa shape index (κ3) is 3.23. The molecular weight excluding hydrogens is 404 g/mol. The summed E-state index contributed by atoms with van der Waals surface area (Å²) < 4.78 is 113. The highest BCUT2D eigenvalue weighted by molar-refractivity contribution is 7.87. The molecule has 0 radical (unpaired) electrons. The predicted octanol–water partition coefficient (Wildman–Crippen LogP) is 3.94. The molecule has 0 spiro atoms. The first-order valence-electron chi connectivity index (χ1n) is 6.81. The molecule has 3 rings (SSSR count). The number of hydrogen-bond acceptors (Lipinski definition) is 5. The molecule has 1 heterocycles. The van der Waals surface area contributed by atoms with Crippen molar-refractivity contribution in [3.8, 4) is 17.0 Å². The minimum absolute atomic E-state index is 0.168. The van der Waals surface area contributed by atoms with Gasteiger partial charge in [0.05, 0.1) is 0 Å². The zero-order valence-corrected chi connectivity index (χ0v) is 13.5. The Labute approximate surface area is 146 Å². The van der Waals surface area contributed by atoms with Gasteiger partial charge in [-0.25, -0.2) is 17.6 Å². The fourth-order valence-corrected chi connectivity index (χ4v) is 2.81. The highest BCUT2D eigenvalue weighted by Crippen LogP contribution is 2.32. The molecule has 0 amide bonds. The van der Waals surface area contributed by atoms with Crippen molar-refractivity contribution in [3.05, 3.63) is 65.2 Å². The quantitative estimate of drug-likeness (QED) is 0.283. The average Bonchev–Trinajstić information content (AvgIpc) is 3.13. The van der Waals surface area contributed by atoms with Crippen molar-refractivity contribution in [1.82, 2.24) is 5.16 Å². The summed E-state index contributed by atoms with van der Waals surface area (Å²) in [5, 5.41) is 2.13. The third-order valence-electron chi connectivity index (χ3n) is 3.25. The minimum Gasteiger partial charge on any atom is -0.370 e. The second kappa shape index (κ2) is 6.61. The number of nitrogens with zero attached hydrogens (tertiary/aromatic N) is 1. The lowest BCUT2D eigenvalue weighted by molar-refractivity contribution is 0.315. The molecule has 0 bridgehead atoms. The third-order valence-corrected chi connectivity index (χ3v) is 4.32. The molecule has 142 valence electrons. The van der Waals surface area contributed by atoms with Gasteiger partial charge in [-0.2, -0.15) is 17.2 Å². The van der Waals surface area contributed by atoms with E-state index in [0.29, 0.717) is 6.07 Å². The van der Waals surface area contributed by atoms with Crippen molar-refractivity contribution >= 4 is 10.1 Å². The second-order valence-electron chi connectivity index (χ2n) is 4.95. The van der Waals surface area contributed by atoms with Gasteiger partial charge in [0.15, 0.2) is 0 Å². The normalized spacial score (nSPS) is 11.6. The van der Waals surface area contributed by atoms with Crippen molar-refractivity contribution in [3.63, 3.8) is 0 Å². The fraction of sp³-hybridized carbons (Fsp3) is 0. The lowest BCUT2D eigenvalue weighted by atomic mass is 10.1. The summed E-state index contributed by atoms with van der Waals surface area (Å²) in [6.07, 6.45) is 0. The topological polar surface area (TPSA) is 69.4 Å². The summed E-state index contributed by atoms with van der Waals surface area (Å²) in [4.78, 5) is 0. The molecular formula is C15H5F6NO4S. The molecule has 1 aromatic heterocycles. The first kappa shape index (κ1) is 18.8. The maximum Gasteiger partial charge on any atom is 0.376 e. The Morgan fingerprint density at radius 1 is 0.852 bits per heavy atom. The van der Waals surface area contributed by atoms with E-state index in [1.54, 1.807) is 0 Å². The minimum atomic E-state index is -5.19. The smallest absolute Gasteiger partial charge is 0.370 e. The Kier molecular flexibility index (Phi) is 4.59. The first-order chi connectivity index (χ1) is 12.6. The summed E-state index contributed by atoms with van der Waals surface area (Å²) in [5.74, 6) is -15.1. The highest BCUT2D eigenvalue weighted by atomic mass is 32.2. The molecule has 0 saturated carbocycles. The molecule has 0 aliphatic rings. The Morgan fingerprint density at radius 3 is 2.00 bits per heavy atom. The standard InChI is InChI=1S/C15H5F6NO4S/c16-7-4-2-1-3-6(7)8-5-9(25-22-8)27(23,24)26-15-13(20)11(18)10(17)12(19)14(15)21/h1-5H. The van der Waals surface area contributed by atoms with Crippen LogP contribution in [0.15, 0.2) is 39.9 Å². The monoisotopic (exact) mass is 409 g/mol. The maximum absolute atomic E-state index is 13.7. The molecule has 0 aliphatic carbocycles. The van der Waals surface area contributed by atoms with Gasteiger partial charge in [-0.15, -0.1) is 0 Å². The van der Waals surface area contributed by atoms with Crippen LogP contribution in [-0.4, -0.2) is 13.6 Å². The van der Waals surface area contributed by atoms with E-state index in [9.17, 15) is 34.8 Å². The van der Waals surface area contributed by atoms with Crippen LogP contribution in [0.5, 0.6) is 5.75 Å². The van der Waals surface area contributed by atoms with E-state index in [1.807, 2.05) is 0 Å². The van der Waals surface area contributed by atoms with Gasteiger partial charge in [0.2, 0.25) is 34.8 Å². The second-order valence-corrected chi connectivity index (χ2v) is 6.42. The Hall–Kier alpha value is -3.02. The maximum atomic E-state index is 13.7. The van der Waals surface area contributed by atoms with E-state index in [-0.39, 0.29) is 11.3 Å². The summed E-state index contributed by atoms with van der Waals surface area (Å²) >= 11 is 0. The molecule has 5 nitrogen and oxygen atoms in total. The van der Waals surface area contributed by atoms with E-state index in [0.717, 1.165) is 6.07 Å². The fourth-order valence-electron chi connectivity index (χ4n) is 1.98. The number of aromatic nitrogens is 1. The molecule has 0 fully saturated rings. The van der Waals surface area contributed by atoms with Gasteiger partial charge in [0, 0.05) is 11.6 Å². The zero-order chi connectivity index (χ0) is 19.9. The molecule has 3 aromatic rings. The van der Waals surface area contributed by atoms with Crippen molar-refractivity contribution in [1.29, 1.82) is 0 Å². The van der Waals surface area contributed by atoms with Crippen molar-refractivity contribution in [2.75, 3.05) is 0 Å². The van der Waals surface area contributed by atoms with Gasteiger partial charge >= 0.3 is 10.1 Å². The van der Waals surface area contributed by atoms with Crippen LogP contribution in [0.4, 0.5) is 26.3 Å². The molecule has 0 atom stereocenters. The van der Waals surface area contributed by atoms with Crippen LogP contribution < -0.4 is 4.18 Å². The molecule has 2 aromatic carbocycles. The number of benzene rings is 2. The van der Waals surface area contributed by atoms with Crippen LogP contribution in [0, 0.1) is 34.9 Å². The predicted molar refractivity (Wildman–Crippen MR) is 75.9 cm³/mol. The molecule has 12 heteroatoms. The van der Waals surface area contributed by atoms with E-state index >= 15 is 0 Å². The van der Waals surface area contributed by atoms with E-state index < -0.39 is 55.9 Å². The zero-order valence-electron chi connectivity index (χ0n) is 12.6. The van der Waals surface area contributed by atoms with Crippen molar-refractivity contribution in [2.24, 2.45) is 0 Å². The largest absolute Gasteiger partial charge is 0.376 e. The average molecular weight is 409 g/mol. The summed E-state index contributed by atoms with van der Waals surface area (Å²) in [7, 11) is -5.19. The van der Waals surface area contributed by atoms with Crippen LogP contribution >= 0.6 is 0 Å². The highest BCUT2D eigenvalue weighted by Gasteiger charge is 2.32. The Bertz CT molecular complexity index is 1120. The van der Waals surface area contributed by atoms with Crippen LogP contribution in [0.3, 0.4) is 0 Å².